The van der Waals surface area contributed by atoms with E-state index >= 15 is 0 Å². The second kappa shape index (κ2) is 4.61. The zero-order chi connectivity index (χ0) is 12.5. The third-order valence-electron chi connectivity index (χ3n) is 3.42. The number of rotatable bonds is 3. The van der Waals surface area contributed by atoms with E-state index in [1.54, 1.807) is 0 Å². The molecule has 1 fully saturated rings. The molecule has 4 nitrogen and oxygen atoms in total. The van der Waals surface area contributed by atoms with Gasteiger partial charge in [0.1, 0.15) is 0 Å². The monoisotopic (exact) mass is 234 g/mol. The van der Waals surface area contributed by atoms with Gasteiger partial charge in [0.2, 0.25) is 5.95 Å². The molecule has 17 heavy (non-hydrogen) atoms. The Hall–Kier alpha value is -1.16. The van der Waals surface area contributed by atoms with E-state index in [1.165, 1.54) is 19.3 Å². The molecule has 0 spiro atoms. The highest BCUT2D eigenvalue weighted by Gasteiger charge is 2.31. The summed E-state index contributed by atoms with van der Waals surface area (Å²) in [5.74, 6) is 0.730. The maximum absolute atomic E-state index is 5.62. The summed E-state index contributed by atoms with van der Waals surface area (Å²) in [5, 5.41) is 3.43. The van der Waals surface area contributed by atoms with Crippen molar-refractivity contribution >= 4 is 5.95 Å². The molecule has 1 unspecified atom stereocenters. The van der Waals surface area contributed by atoms with Gasteiger partial charge in [-0.3, -0.25) is 0 Å². The van der Waals surface area contributed by atoms with Crippen molar-refractivity contribution in [2.45, 2.75) is 52.6 Å². The lowest BCUT2D eigenvalue weighted by molar-refractivity contribution is 0.378. The number of anilines is 1. The van der Waals surface area contributed by atoms with Crippen LogP contribution in [0.2, 0.25) is 0 Å². The third-order valence-corrected chi connectivity index (χ3v) is 3.42. The number of aryl methyl sites for hydroxylation is 1. The van der Waals surface area contributed by atoms with Crippen molar-refractivity contribution in [1.82, 2.24) is 9.97 Å². The molecule has 1 aromatic rings. The van der Waals surface area contributed by atoms with Crippen molar-refractivity contribution in [2.24, 2.45) is 11.1 Å². The van der Waals surface area contributed by atoms with Gasteiger partial charge in [0.25, 0.3) is 0 Å². The lowest BCUT2D eigenvalue weighted by atomic mass is 9.92. The Bertz CT molecular complexity index is 400. The molecule has 0 radical (unpaired) electrons. The summed E-state index contributed by atoms with van der Waals surface area (Å²) in [4.78, 5) is 8.83. The molecule has 1 heterocycles. The van der Waals surface area contributed by atoms with Crippen LogP contribution < -0.4 is 11.1 Å². The number of nitrogens with one attached hydrogen (secondary N) is 1. The van der Waals surface area contributed by atoms with Gasteiger partial charge in [-0.2, -0.15) is 0 Å². The summed E-state index contributed by atoms with van der Waals surface area (Å²) < 4.78 is 0. The van der Waals surface area contributed by atoms with Gasteiger partial charge in [-0.25, -0.2) is 9.97 Å². The minimum Gasteiger partial charge on any atom is -0.351 e. The molecule has 1 aliphatic rings. The minimum absolute atomic E-state index is 0.443. The second-order valence-electron chi connectivity index (χ2n) is 5.78. The average Bonchev–Trinajstić information content (AvgIpc) is 2.57. The first-order valence-corrected chi connectivity index (χ1v) is 6.30. The van der Waals surface area contributed by atoms with Crippen LogP contribution in [-0.4, -0.2) is 16.0 Å². The maximum atomic E-state index is 5.62. The molecule has 2 rings (SSSR count). The van der Waals surface area contributed by atoms with Crippen LogP contribution in [0.5, 0.6) is 0 Å². The van der Waals surface area contributed by atoms with Gasteiger partial charge in [-0.15, -0.1) is 0 Å². The lowest BCUT2D eigenvalue weighted by Gasteiger charge is -2.18. The average molecular weight is 234 g/mol. The van der Waals surface area contributed by atoms with E-state index < -0.39 is 0 Å². The van der Waals surface area contributed by atoms with Crippen molar-refractivity contribution in [2.75, 3.05) is 5.32 Å². The summed E-state index contributed by atoms with van der Waals surface area (Å²) in [6.45, 7) is 7.08. The Balaban J connectivity index is 2.06. The van der Waals surface area contributed by atoms with Crippen molar-refractivity contribution < 1.29 is 0 Å². The first-order valence-electron chi connectivity index (χ1n) is 6.30. The zero-order valence-electron chi connectivity index (χ0n) is 11.0. The van der Waals surface area contributed by atoms with E-state index in [0.29, 0.717) is 18.0 Å². The Kier molecular flexibility index (Phi) is 3.33. The van der Waals surface area contributed by atoms with Gasteiger partial charge < -0.3 is 11.1 Å². The molecule has 3 N–H and O–H groups in total. The summed E-state index contributed by atoms with van der Waals surface area (Å²) in [5.41, 5.74) is 7.94. The molecule has 0 aliphatic heterocycles. The molecule has 1 aliphatic carbocycles. The molecule has 1 aromatic heterocycles. The first kappa shape index (κ1) is 12.3. The maximum Gasteiger partial charge on any atom is 0.223 e. The molecular formula is C13H22N4. The smallest absolute Gasteiger partial charge is 0.223 e. The van der Waals surface area contributed by atoms with Gasteiger partial charge >= 0.3 is 0 Å². The molecule has 1 saturated carbocycles. The summed E-state index contributed by atoms with van der Waals surface area (Å²) in [6.07, 6.45) is 3.64. The van der Waals surface area contributed by atoms with Crippen LogP contribution in [0, 0.1) is 12.3 Å². The van der Waals surface area contributed by atoms with Crippen LogP contribution in [0.4, 0.5) is 5.95 Å². The highest BCUT2D eigenvalue weighted by Crippen LogP contribution is 2.37. The van der Waals surface area contributed by atoms with Gasteiger partial charge in [0, 0.05) is 18.3 Å². The summed E-state index contributed by atoms with van der Waals surface area (Å²) in [7, 11) is 0. The number of nitrogens with zero attached hydrogens (tertiary/aromatic N) is 2. The van der Waals surface area contributed by atoms with Crippen LogP contribution in [0.15, 0.2) is 6.07 Å². The van der Waals surface area contributed by atoms with Crippen LogP contribution >= 0.6 is 0 Å². The topological polar surface area (TPSA) is 63.8 Å². The zero-order valence-corrected chi connectivity index (χ0v) is 11.0. The Morgan fingerprint density at radius 2 is 2.24 bits per heavy atom. The molecule has 0 aromatic carbocycles. The van der Waals surface area contributed by atoms with E-state index in [-0.39, 0.29) is 0 Å². The van der Waals surface area contributed by atoms with E-state index in [4.69, 9.17) is 5.73 Å². The molecule has 0 saturated heterocycles. The first-order chi connectivity index (χ1) is 7.98. The Morgan fingerprint density at radius 3 is 2.82 bits per heavy atom. The molecule has 0 amide bonds. The number of hydrogen-bond donors (Lipinski definition) is 2. The molecular weight excluding hydrogens is 212 g/mol. The van der Waals surface area contributed by atoms with Crippen molar-refractivity contribution in [1.29, 1.82) is 0 Å². The van der Waals surface area contributed by atoms with E-state index in [9.17, 15) is 0 Å². The lowest BCUT2D eigenvalue weighted by Crippen LogP contribution is -2.20. The van der Waals surface area contributed by atoms with Crippen molar-refractivity contribution in [3.05, 3.63) is 17.5 Å². The fraction of sp³-hybridized carbons (Fsp3) is 0.692. The molecule has 1 atom stereocenters. The van der Waals surface area contributed by atoms with Crippen LogP contribution in [0.3, 0.4) is 0 Å². The van der Waals surface area contributed by atoms with Crippen LogP contribution in [0.1, 0.15) is 44.5 Å². The highest BCUT2D eigenvalue weighted by atomic mass is 15.1. The van der Waals surface area contributed by atoms with Gasteiger partial charge in [0.05, 0.1) is 5.69 Å². The fourth-order valence-corrected chi connectivity index (χ4v) is 2.54. The number of aromatic nitrogens is 2. The number of nitrogens with two attached hydrogens (primary N) is 1. The molecule has 0 bridgehead atoms. The highest BCUT2D eigenvalue weighted by molar-refractivity contribution is 5.30. The Morgan fingerprint density at radius 1 is 1.47 bits per heavy atom. The predicted molar refractivity (Wildman–Crippen MR) is 69.7 cm³/mol. The van der Waals surface area contributed by atoms with Gasteiger partial charge in [-0.05, 0) is 37.7 Å². The predicted octanol–water partition coefficient (Wildman–Crippen LogP) is 2.23. The van der Waals surface area contributed by atoms with Crippen molar-refractivity contribution in [3.63, 3.8) is 0 Å². The fourth-order valence-electron chi connectivity index (χ4n) is 2.54. The minimum atomic E-state index is 0.443. The largest absolute Gasteiger partial charge is 0.351 e. The van der Waals surface area contributed by atoms with Crippen molar-refractivity contribution in [3.8, 4) is 0 Å². The van der Waals surface area contributed by atoms with E-state index in [2.05, 4.69) is 29.1 Å². The normalized spacial score (nSPS) is 22.7. The summed E-state index contributed by atoms with van der Waals surface area (Å²) in [6, 6.07) is 2.43. The SMILES string of the molecule is Cc1cc(CN)nc(NC2CCC(C)(C)C2)n1. The van der Waals surface area contributed by atoms with Gasteiger partial charge in [0.15, 0.2) is 0 Å². The van der Waals surface area contributed by atoms with Crippen LogP contribution in [-0.2, 0) is 6.54 Å². The Labute approximate surface area is 103 Å². The standard InChI is InChI=1S/C13H22N4/c1-9-6-11(8-14)17-12(15-9)16-10-4-5-13(2,3)7-10/h6,10H,4-5,7-8,14H2,1-3H3,(H,15,16,17). The van der Waals surface area contributed by atoms with E-state index in [1.807, 2.05) is 13.0 Å². The van der Waals surface area contributed by atoms with Crippen LogP contribution in [0.25, 0.3) is 0 Å². The van der Waals surface area contributed by atoms with Gasteiger partial charge in [-0.1, -0.05) is 13.8 Å². The second-order valence-corrected chi connectivity index (χ2v) is 5.78. The van der Waals surface area contributed by atoms with E-state index in [0.717, 1.165) is 17.3 Å². The third kappa shape index (κ3) is 3.16. The molecule has 4 heteroatoms. The summed E-state index contributed by atoms with van der Waals surface area (Å²) >= 11 is 0. The quantitative estimate of drug-likeness (QED) is 0.842. The number of hydrogen-bond acceptors (Lipinski definition) is 4. The molecule has 94 valence electrons.